The van der Waals surface area contributed by atoms with Gasteiger partial charge in [0, 0.05) is 25.0 Å². The summed E-state index contributed by atoms with van der Waals surface area (Å²) in [5.74, 6) is 0. The van der Waals surface area contributed by atoms with E-state index < -0.39 is 0 Å². The van der Waals surface area contributed by atoms with Gasteiger partial charge in [0.15, 0.2) is 0 Å². The maximum atomic E-state index is 8.93. The van der Waals surface area contributed by atoms with Crippen molar-refractivity contribution in [3.8, 4) is 0 Å². The quantitative estimate of drug-likeness (QED) is 0.594. The molecule has 0 radical (unpaired) electrons. The fourth-order valence-corrected chi connectivity index (χ4v) is 1.10. The number of pyridine rings is 1. The van der Waals surface area contributed by atoms with Crippen LogP contribution in [0.3, 0.4) is 0 Å². The minimum Gasteiger partial charge on any atom is -1.00 e. The summed E-state index contributed by atoms with van der Waals surface area (Å²) in [6.45, 7) is 3.01. The maximum absolute atomic E-state index is 8.93. The van der Waals surface area contributed by atoms with E-state index in [1.165, 1.54) is 0 Å². The Balaban J connectivity index is 0.00000169. The lowest BCUT2D eigenvalue weighted by Crippen LogP contribution is -3.00. The van der Waals surface area contributed by atoms with Crippen LogP contribution in [0.5, 0.6) is 0 Å². The molecule has 14 heavy (non-hydrogen) atoms. The van der Waals surface area contributed by atoms with Gasteiger partial charge in [-0.1, -0.05) is 13.0 Å². The third kappa shape index (κ3) is 4.56. The predicted molar refractivity (Wildman–Crippen MR) is 52.2 cm³/mol. The third-order valence-corrected chi connectivity index (χ3v) is 2.03. The molecule has 2 N–H and O–H groups in total. The molecule has 1 rings (SSSR count). The van der Waals surface area contributed by atoms with Gasteiger partial charge in [0.1, 0.15) is 0 Å². The van der Waals surface area contributed by atoms with Crippen LogP contribution in [0.2, 0.25) is 0 Å². The van der Waals surface area contributed by atoms with Gasteiger partial charge in [-0.2, -0.15) is 0 Å². The minimum absolute atomic E-state index is 0. The molecule has 3 nitrogen and oxygen atoms in total. The second kappa shape index (κ2) is 7.74. The fraction of sp³-hybridized carbons (Fsp3) is 0.500. The highest BCUT2D eigenvalue weighted by atomic mass is 35.5. The molecule has 0 aromatic carbocycles. The number of nitrogens with zero attached hydrogens (tertiary/aromatic N) is 1. The van der Waals surface area contributed by atoms with Crippen molar-refractivity contribution in [2.24, 2.45) is 0 Å². The Morgan fingerprint density at radius 1 is 1.57 bits per heavy atom. The number of halogens is 1. The van der Waals surface area contributed by atoms with Crippen LogP contribution in [0.25, 0.3) is 0 Å². The van der Waals surface area contributed by atoms with Crippen molar-refractivity contribution in [1.29, 1.82) is 0 Å². The summed E-state index contributed by atoms with van der Waals surface area (Å²) in [5, 5.41) is 12.2. The lowest BCUT2D eigenvalue weighted by molar-refractivity contribution is -0.00000384. The first-order chi connectivity index (χ1) is 6.36. The van der Waals surface area contributed by atoms with E-state index in [9.17, 15) is 0 Å². The first-order valence-electron chi connectivity index (χ1n) is 4.60. The summed E-state index contributed by atoms with van der Waals surface area (Å²) in [4.78, 5) is 4.01. The van der Waals surface area contributed by atoms with Crippen LogP contribution in [-0.2, 0) is 6.54 Å². The molecule has 4 heteroatoms. The number of rotatable bonds is 5. The Morgan fingerprint density at radius 3 is 2.86 bits per heavy atom. The highest BCUT2D eigenvalue weighted by Crippen LogP contribution is 1.97. The number of hydrogen-bond donors (Lipinski definition) is 2. The van der Waals surface area contributed by atoms with Crippen molar-refractivity contribution >= 4 is 0 Å². The highest BCUT2D eigenvalue weighted by molar-refractivity contribution is 5.07. The molecule has 0 aliphatic heterocycles. The molecular weight excluding hydrogens is 200 g/mol. The van der Waals surface area contributed by atoms with Gasteiger partial charge in [0.2, 0.25) is 0 Å². The molecular formula is C10H16ClN2O-. The number of aliphatic hydroxyl groups excluding tert-OH is 1. The van der Waals surface area contributed by atoms with Crippen molar-refractivity contribution < 1.29 is 17.5 Å². The molecule has 0 fully saturated rings. The maximum Gasteiger partial charge on any atom is 0.0584 e. The zero-order valence-corrected chi connectivity index (χ0v) is 9.04. The summed E-state index contributed by atoms with van der Waals surface area (Å²) in [7, 11) is 0. The molecule has 0 aliphatic rings. The molecule has 1 unspecified atom stereocenters. The van der Waals surface area contributed by atoms with Crippen LogP contribution in [0.15, 0.2) is 24.5 Å². The Bertz CT molecular complexity index is 227. The standard InChI is InChI=1S/C10H16N2O.ClH/c1-2-10(8-13)12-7-9-4-3-5-11-6-9;/h3-6,10,12-13H,2,7-8H2,1H3;1H/p-1. The Hall–Kier alpha value is -0.640. The van der Waals surface area contributed by atoms with Crippen molar-refractivity contribution in [1.82, 2.24) is 10.3 Å². The predicted octanol–water partition coefficient (Wildman–Crippen LogP) is -2.05. The minimum atomic E-state index is 0. The second-order valence-electron chi connectivity index (χ2n) is 3.03. The van der Waals surface area contributed by atoms with Crippen LogP contribution in [-0.4, -0.2) is 22.7 Å². The van der Waals surface area contributed by atoms with E-state index in [0.717, 1.165) is 18.5 Å². The summed E-state index contributed by atoms with van der Waals surface area (Å²) in [6.07, 6.45) is 4.53. The molecule has 0 aliphatic carbocycles. The van der Waals surface area contributed by atoms with E-state index in [1.54, 1.807) is 6.20 Å². The molecule has 0 saturated carbocycles. The molecule has 1 heterocycles. The summed E-state index contributed by atoms with van der Waals surface area (Å²) in [5.41, 5.74) is 1.15. The van der Waals surface area contributed by atoms with Crippen molar-refractivity contribution in [3.63, 3.8) is 0 Å². The van der Waals surface area contributed by atoms with Crippen molar-refractivity contribution in [2.75, 3.05) is 6.61 Å². The van der Waals surface area contributed by atoms with Crippen LogP contribution in [0, 0.1) is 0 Å². The van der Waals surface area contributed by atoms with Crippen molar-refractivity contribution in [3.05, 3.63) is 30.1 Å². The van der Waals surface area contributed by atoms with E-state index in [4.69, 9.17) is 5.11 Å². The number of hydrogen-bond acceptors (Lipinski definition) is 3. The highest BCUT2D eigenvalue weighted by Gasteiger charge is 2.02. The molecule has 80 valence electrons. The average Bonchev–Trinajstić information content (AvgIpc) is 2.21. The summed E-state index contributed by atoms with van der Waals surface area (Å²) in [6, 6.07) is 4.13. The normalized spacial score (nSPS) is 11.9. The Labute approximate surface area is 91.0 Å². The van der Waals surface area contributed by atoms with Gasteiger partial charge in [-0.05, 0) is 18.1 Å². The van der Waals surface area contributed by atoms with Gasteiger partial charge in [-0.25, -0.2) is 0 Å². The van der Waals surface area contributed by atoms with Gasteiger partial charge >= 0.3 is 0 Å². The number of nitrogens with one attached hydrogen (secondary N) is 1. The molecule has 0 spiro atoms. The molecule has 0 saturated heterocycles. The van der Waals surface area contributed by atoms with E-state index in [0.29, 0.717) is 0 Å². The first-order valence-corrected chi connectivity index (χ1v) is 4.60. The van der Waals surface area contributed by atoms with Crippen LogP contribution in [0.4, 0.5) is 0 Å². The SMILES string of the molecule is CCC(CO)NCc1cccnc1.[Cl-]. The summed E-state index contributed by atoms with van der Waals surface area (Å²) < 4.78 is 0. The van der Waals surface area contributed by atoms with Crippen LogP contribution < -0.4 is 17.7 Å². The van der Waals surface area contributed by atoms with Gasteiger partial charge < -0.3 is 22.8 Å². The molecule has 1 atom stereocenters. The van der Waals surface area contributed by atoms with Crippen LogP contribution in [0.1, 0.15) is 18.9 Å². The zero-order valence-electron chi connectivity index (χ0n) is 8.28. The number of aromatic nitrogens is 1. The smallest absolute Gasteiger partial charge is 0.0584 e. The van der Waals surface area contributed by atoms with Gasteiger partial charge in [0.05, 0.1) is 6.61 Å². The Morgan fingerprint density at radius 2 is 2.36 bits per heavy atom. The lowest BCUT2D eigenvalue weighted by Gasteiger charge is -2.13. The Kier molecular flexibility index (Phi) is 7.38. The molecule has 0 bridgehead atoms. The lowest BCUT2D eigenvalue weighted by atomic mass is 10.2. The third-order valence-electron chi connectivity index (χ3n) is 2.03. The van der Waals surface area contributed by atoms with E-state index in [1.807, 2.05) is 18.3 Å². The van der Waals surface area contributed by atoms with Gasteiger partial charge in [0.25, 0.3) is 0 Å². The molecule has 1 aromatic rings. The van der Waals surface area contributed by atoms with E-state index in [2.05, 4.69) is 17.2 Å². The van der Waals surface area contributed by atoms with Gasteiger partial charge in [-0.15, -0.1) is 0 Å². The molecule has 1 aromatic heterocycles. The zero-order chi connectivity index (χ0) is 9.52. The molecule has 0 amide bonds. The van der Waals surface area contributed by atoms with Crippen LogP contribution >= 0.6 is 0 Å². The van der Waals surface area contributed by atoms with E-state index in [-0.39, 0.29) is 25.1 Å². The number of aliphatic hydroxyl groups is 1. The van der Waals surface area contributed by atoms with Crippen molar-refractivity contribution in [2.45, 2.75) is 25.9 Å². The fourth-order valence-electron chi connectivity index (χ4n) is 1.10. The second-order valence-corrected chi connectivity index (χ2v) is 3.03. The first kappa shape index (κ1) is 13.4. The summed E-state index contributed by atoms with van der Waals surface area (Å²) >= 11 is 0. The van der Waals surface area contributed by atoms with Gasteiger partial charge in [-0.3, -0.25) is 4.98 Å². The van der Waals surface area contributed by atoms with E-state index >= 15 is 0 Å². The average molecular weight is 216 g/mol. The largest absolute Gasteiger partial charge is 1.00 e. The monoisotopic (exact) mass is 215 g/mol. The topological polar surface area (TPSA) is 45.1 Å².